The number of ether oxygens (including phenoxy) is 1. The Hall–Kier alpha value is -2.24. The van der Waals surface area contributed by atoms with Crippen LogP contribution in [0.2, 0.25) is 0 Å². The summed E-state index contributed by atoms with van der Waals surface area (Å²) in [5.74, 6) is 0.634. The van der Waals surface area contributed by atoms with E-state index in [1.54, 1.807) is 36.3 Å². The molecule has 0 atom stereocenters. The van der Waals surface area contributed by atoms with Crippen molar-refractivity contribution in [1.82, 2.24) is 4.90 Å². The minimum absolute atomic E-state index is 0.0141. The van der Waals surface area contributed by atoms with Crippen LogP contribution in [0.15, 0.2) is 29.4 Å². The lowest BCUT2D eigenvalue weighted by Crippen LogP contribution is -2.39. The van der Waals surface area contributed by atoms with Crippen molar-refractivity contribution >= 4 is 11.7 Å². The van der Waals surface area contributed by atoms with Gasteiger partial charge in [-0.05, 0) is 32.0 Å². The summed E-state index contributed by atoms with van der Waals surface area (Å²) in [6.07, 6.45) is 0.324. The van der Waals surface area contributed by atoms with Crippen molar-refractivity contribution in [1.29, 1.82) is 0 Å². The molecule has 0 radical (unpaired) electrons. The van der Waals surface area contributed by atoms with E-state index in [9.17, 15) is 4.79 Å². The van der Waals surface area contributed by atoms with E-state index >= 15 is 0 Å². The molecule has 110 valence electrons. The molecule has 0 spiro atoms. The summed E-state index contributed by atoms with van der Waals surface area (Å²) < 4.78 is 5.12. The molecule has 0 heterocycles. The van der Waals surface area contributed by atoms with E-state index in [2.05, 4.69) is 5.16 Å². The lowest BCUT2D eigenvalue weighted by Gasteiger charge is -2.26. The van der Waals surface area contributed by atoms with Gasteiger partial charge in [0.15, 0.2) is 0 Å². The molecule has 0 saturated heterocycles. The summed E-state index contributed by atoms with van der Waals surface area (Å²) in [5.41, 5.74) is 6.00. The second-order valence-corrected chi connectivity index (χ2v) is 4.67. The molecule has 6 heteroatoms. The van der Waals surface area contributed by atoms with E-state index in [-0.39, 0.29) is 17.8 Å². The van der Waals surface area contributed by atoms with Crippen LogP contribution in [0.5, 0.6) is 5.75 Å². The Kier molecular flexibility index (Phi) is 5.83. The molecule has 0 aromatic heterocycles. The number of hydrogen-bond donors (Lipinski definition) is 2. The number of rotatable bonds is 6. The molecular formula is C14H21N3O3. The van der Waals surface area contributed by atoms with Crippen LogP contribution < -0.4 is 10.5 Å². The van der Waals surface area contributed by atoms with Crippen molar-refractivity contribution in [2.24, 2.45) is 10.9 Å². The molecule has 1 amide bonds. The number of oxime groups is 1. The van der Waals surface area contributed by atoms with Gasteiger partial charge in [-0.1, -0.05) is 11.2 Å². The van der Waals surface area contributed by atoms with Gasteiger partial charge in [0.2, 0.25) is 0 Å². The maximum Gasteiger partial charge on any atom is 0.254 e. The highest BCUT2D eigenvalue weighted by atomic mass is 16.5. The monoisotopic (exact) mass is 279 g/mol. The van der Waals surface area contributed by atoms with Gasteiger partial charge in [-0.25, -0.2) is 0 Å². The first kappa shape index (κ1) is 15.8. The topological polar surface area (TPSA) is 88.2 Å². The predicted octanol–water partition coefficient (Wildman–Crippen LogP) is 1.68. The number of benzene rings is 1. The Morgan fingerprint density at radius 2 is 2.20 bits per heavy atom. The zero-order valence-corrected chi connectivity index (χ0v) is 12.0. The molecule has 0 aliphatic rings. The highest BCUT2D eigenvalue weighted by Crippen LogP contribution is 2.16. The van der Waals surface area contributed by atoms with Crippen LogP contribution in [0, 0.1) is 0 Å². The number of nitrogens with two attached hydrogens (primary N) is 1. The van der Waals surface area contributed by atoms with Crippen LogP contribution in [0.4, 0.5) is 0 Å². The van der Waals surface area contributed by atoms with E-state index in [0.29, 0.717) is 24.3 Å². The van der Waals surface area contributed by atoms with Crippen molar-refractivity contribution in [3.05, 3.63) is 29.8 Å². The van der Waals surface area contributed by atoms with Crippen LogP contribution in [0.3, 0.4) is 0 Å². The quantitative estimate of drug-likeness (QED) is 0.359. The van der Waals surface area contributed by atoms with Crippen molar-refractivity contribution in [2.75, 3.05) is 13.7 Å². The summed E-state index contributed by atoms with van der Waals surface area (Å²) in [4.78, 5) is 14.2. The SMILES string of the molecule is COc1cccc(C(=O)N(CCC(N)=NO)C(C)C)c1. The number of carbonyl (C=O) groups is 1. The zero-order chi connectivity index (χ0) is 15.1. The van der Waals surface area contributed by atoms with Gasteiger partial charge in [0, 0.05) is 24.6 Å². The standard InChI is InChI=1S/C14H21N3O3/c1-10(2)17(8-7-13(15)16-19)14(18)11-5-4-6-12(9-11)20-3/h4-6,9-10,19H,7-8H2,1-3H3,(H2,15,16). The number of amidine groups is 1. The predicted molar refractivity (Wildman–Crippen MR) is 77.2 cm³/mol. The second kappa shape index (κ2) is 7.37. The van der Waals surface area contributed by atoms with Gasteiger partial charge in [0.1, 0.15) is 11.6 Å². The molecule has 0 aliphatic heterocycles. The summed E-state index contributed by atoms with van der Waals surface area (Å²) in [6.45, 7) is 4.23. The second-order valence-electron chi connectivity index (χ2n) is 4.67. The molecule has 3 N–H and O–H groups in total. The molecule has 1 aromatic rings. The number of nitrogens with zero attached hydrogens (tertiary/aromatic N) is 2. The average molecular weight is 279 g/mol. The van der Waals surface area contributed by atoms with E-state index in [0.717, 1.165) is 0 Å². The first-order valence-corrected chi connectivity index (χ1v) is 6.41. The van der Waals surface area contributed by atoms with Gasteiger partial charge < -0.3 is 20.6 Å². The van der Waals surface area contributed by atoms with Crippen LogP contribution in [-0.2, 0) is 0 Å². The van der Waals surface area contributed by atoms with Gasteiger partial charge in [-0.3, -0.25) is 4.79 Å². The molecule has 1 aromatic carbocycles. The Balaban J connectivity index is 2.87. The maximum absolute atomic E-state index is 12.5. The van der Waals surface area contributed by atoms with Gasteiger partial charge in [-0.2, -0.15) is 0 Å². The summed E-state index contributed by atoms with van der Waals surface area (Å²) in [7, 11) is 1.56. The Labute approximate surface area is 118 Å². The molecule has 0 saturated carbocycles. The lowest BCUT2D eigenvalue weighted by molar-refractivity contribution is 0.0710. The first-order valence-electron chi connectivity index (χ1n) is 6.41. The summed E-state index contributed by atoms with van der Waals surface area (Å²) >= 11 is 0. The fraction of sp³-hybridized carbons (Fsp3) is 0.429. The molecule has 1 rings (SSSR count). The van der Waals surface area contributed by atoms with E-state index in [1.165, 1.54) is 0 Å². The Bertz CT molecular complexity index is 486. The van der Waals surface area contributed by atoms with Crippen molar-refractivity contribution in [3.8, 4) is 5.75 Å². The largest absolute Gasteiger partial charge is 0.497 e. The van der Waals surface area contributed by atoms with E-state index in [1.807, 2.05) is 13.8 Å². The van der Waals surface area contributed by atoms with Crippen molar-refractivity contribution in [2.45, 2.75) is 26.3 Å². The smallest absolute Gasteiger partial charge is 0.254 e. The van der Waals surface area contributed by atoms with Crippen LogP contribution in [0.25, 0.3) is 0 Å². The summed E-state index contributed by atoms with van der Waals surface area (Å²) in [5, 5.41) is 11.5. The molecule has 0 fully saturated rings. The third kappa shape index (κ3) is 4.15. The Morgan fingerprint density at radius 3 is 2.75 bits per heavy atom. The van der Waals surface area contributed by atoms with Crippen molar-refractivity contribution in [3.63, 3.8) is 0 Å². The molecular weight excluding hydrogens is 258 g/mol. The fourth-order valence-corrected chi connectivity index (χ4v) is 1.80. The van der Waals surface area contributed by atoms with Gasteiger partial charge in [-0.15, -0.1) is 0 Å². The zero-order valence-electron chi connectivity index (χ0n) is 12.0. The van der Waals surface area contributed by atoms with Gasteiger partial charge in [0.25, 0.3) is 5.91 Å². The van der Waals surface area contributed by atoms with Crippen molar-refractivity contribution < 1.29 is 14.7 Å². The highest BCUT2D eigenvalue weighted by molar-refractivity contribution is 5.95. The molecule has 0 unspecified atom stereocenters. The van der Waals surface area contributed by atoms with Gasteiger partial charge >= 0.3 is 0 Å². The minimum atomic E-state index is -0.107. The molecule has 6 nitrogen and oxygen atoms in total. The normalized spacial score (nSPS) is 11.5. The third-order valence-electron chi connectivity index (χ3n) is 2.94. The Morgan fingerprint density at radius 1 is 1.50 bits per heavy atom. The number of methoxy groups -OCH3 is 1. The van der Waals surface area contributed by atoms with Gasteiger partial charge in [0.05, 0.1) is 7.11 Å². The first-order chi connectivity index (χ1) is 9.49. The number of hydrogen-bond acceptors (Lipinski definition) is 4. The molecule has 0 bridgehead atoms. The number of amides is 1. The minimum Gasteiger partial charge on any atom is -0.497 e. The van der Waals surface area contributed by atoms with Crippen LogP contribution in [0.1, 0.15) is 30.6 Å². The van der Waals surface area contributed by atoms with E-state index < -0.39 is 0 Å². The molecule has 0 aliphatic carbocycles. The van der Waals surface area contributed by atoms with Crippen LogP contribution in [-0.4, -0.2) is 41.5 Å². The summed E-state index contributed by atoms with van der Waals surface area (Å²) in [6, 6.07) is 7.01. The van der Waals surface area contributed by atoms with E-state index in [4.69, 9.17) is 15.7 Å². The third-order valence-corrected chi connectivity index (χ3v) is 2.94. The lowest BCUT2D eigenvalue weighted by atomic mass is 10.1. The number of carbonyl (C=O) groups excluding carboxylic acids is 1. The van der Waals surface area contributed by atoms with Crippen LogP contribution >= 0.6 is 0 Å². The highest BCUT2D eigenvalue weighted by Gasteiger charge is 2.19. The average Bonchev–Trinajstić information content (AvgIpc) is 2.46. The molecule has 20 heavy (non-hydrogen) atoms. The fourth-order valence-electron chi connectivity index (χ4n) is 1.80. The maximum atomic E-state index is 12.5.